The maximum atomic E-state index is 12.4. The summed E-state index contributed by atoms with van der Waals surface area (Å²) in [4.78, 5) is 23.6. The van der Waals surface area contributed by atoms with Crippen LogP contribution in [0.15, 0.2) is 30.4 Å². The monoisotopic (exact) mass is 318 g/mol. The lowest BCUT2D eigenvalue weighted by atomic mass is 9.85. The van der Waals surface area contributed by atoms with Crippen molar-refractivity contribution in [1.82, 2.24) is 0 Å². The summed E-state index contributed by atoms with van der Waals surface area (Å²) in [5, 5.41) is 0. The third kappa shape index (κ3) is 5.89. The van der Waals surface area contributed by atoms with Crippen molar-refractivity contribution < 1.29 is 19.1 Å². The second-order valence-electron chi connectivity index (χ2n) is 6.89. The Morgan fingerprint density at radius 3 is 2.35 bits per heavy atom. The van der Waals surface area contributed by atoms with Crippen molar-refractivity contribution >= 4 is 11.8 Å². The first-order valence-corrected chi connectivity index (χ1v) is 7.73. The summed E-state index contributed by atoms with van der Waals surface area (Å²) < 4.78 is 10.3. The molecule has 0 heterocycles. The van der Waals surface area contributed by atoms with Crippen LogP contribution in [-0.4, -0.2) is 25.5 Å². The Morgan fingerprint density at radius 2 is 1.83 bits per heavy atom. The number of carbonyl (C=O) groups excluding carboxylic acids is 2. The normalized spacial score (nSPS) is 11.8. The van der Waals surface area contributed by atoms with E-state index < -0.39 is 5.97 Å². The molecule has 0 aliphatic rings. The first kappa shape index (κ1) is 18.9. The largest absolute Gasteiger partial charge is 0.493 e. The molecule has 0 aliphatic carbocycles. The molecule has 1 aromatic carbocycles. The molecule has 0 bridgehead atoms. The molecule has 0 aromatic heterocycles. The number of allylic oxidation sites excluding steroid dienone is 1. The number of esters is 1. The highest BCUT2D eigenvalue weighted by Crippen LogP contribution is 2.29. The molecule has 4 heteroatoms. The van der Waals surface area contributed by atoms with Crippen LogP contribution in [-0.2, 0) is 14.9 Å². The summed E-state index contributed by atoms with van der Waals surface area (Å²) in [5.74, 6) is 0.0484. The Bertz CT molecular complexity index is 592. The molecule has 0 amide bonds. The van der Waals surface area contributed by atoms with E-state index in [-0.39, 0.29) is 11.2 Å². The van der Waals surface area contributed by atoms with Crippen LogP contribution in [0.2, 0.25) is 0 Å². The van der Waals surface area contributed by atoms with Gasteiger partial charge in [-0.05, 0) is 35.1 Å². The van der Waals surface area contributed by atoms with Gasteiger partial charge in [-0.15, -0.1) is 0 Å². The Hall–Kier alpha value is -2.10. The van der Waals surface area contributed by atoms with Gasteiger partial charge in [-0.3, -0.25) is 4.79 Å². The van der Waals surface area contributed by atoms with Crippen molar-refractivity contribution in [2.75, 3.05) is 13.7 Å². The van der Waals surface area contributed by atoms with Gasteiger partial charge in [0.25, 0.3) is 0 Å². The second-order valence-corrected chi connectivity index (χ2v) is 6.89. The molecule has 0 saturated heterocycles. The van der Waals surface area contributed by atoms with Gasteiger partial charge in [0.05, 0.1) is 19.3 Å². The van der Waals surface area contributed by atoms with Crippen molar-refractivity contribution in [3.05, 3.63) is 41.5 Å². The molecule has 0 N–H and O–H groups in total. The molecule has 0 spiro atoms. The van der Waals surface area contributed by atoms with E-state index in [1.807, 2.05) is 32.0 Å². The van der Waals surface area contributed by atoms with Crippen LogP contribution in [0.1, 0.15) is 50.5 Å². The maximum Gasteiger partial charge on any atom is 0.330 e. The summed E-state index contributed by atoms with van der Waals surface area (Å²) in [6, 6.07) is 5.62. The Labute approximate surface area is 138 Å². The second kappa shape index (κ2) is 7.95. The molecule has 0 saturated carbocycles. The van der Waals surface area contributed by atoms with Gasteiger partial charge in [-0.25, -0.2) is 4.79 Å². The fraction of sp³-hybridized carbons (Fsp3) is 0.474. The molecule has 1 rings (SSSR count). The summed E-state index contributed by atoms with van der Waals surface area (Å²) >= 11 is 0. The van der Waals surface area contributed by atoms with Gasteiger partial charge in [-0.2, -0.15) is 0 Å². The molecule has 0 aliphatic heterocycles. The number of rotatable bonds is 6. The highest BCUT2D eigenvalue weighted by molar-refractivity contribution is 6.08. The number of hydrogen-bond donors (Lipinski definition) is 0. The van der Waals surface area contributed by atoms with Crippen molar-refractivity contribution in [2.45, 2.75) is 40.0 Å². The predicted octanol–water partition coefficient (Wildman–Crippen LogP) is 3.93. The minimum Gasteiger partial charge on any atom is -0.493 e. The van der Waals surface area contributed by atoms with E-state index in [1.54, 1.807) is 0 Å². The third-order valence-electron chi connectivity index (χ3n) is 3.26. The van der Waals surface area contributed by atoms with Crippen LogP contribution in [0.3, 0.4) is 0 Å². The van der Waals surface area contributed by atoms with Crippen molar-refractivity contribution in [2.24, 2.45) is 5.92 Å². The third-order valence-corrected chi connectivity index (χ3v) is 3.26. The number of hydrogen-bond acceptors (Lipinski definition) is 4. The van der Waals surface area contributed by atoms with Gasteiger partial charge in [0.2, 0.25) is 0 Å². The fourth-order valence-corrected chi connectivity index (χ4v) is 1.87. The van der Waals surface area contributed by atoms with Crippen LogP contribution in [0.5, 0.6) is 5.75 Å². The Balaban J connectivity index is 3.19. The SMILES string of the molecule is COC(=O)/C=C/C(=O)c1cc(C(C)(C)C)ccc1OCC(C)C. The average Bonchev–Trinajstić information content (AvgIpc) is 2.48. The van der Waals surface area contributed by atoms with Crippen LogP contribution in [0.4, 0.5) is 0 Å². The number of benzene rings is 1. The van der Waals surface area contributed by atoms with Crippen LogP contribution < -0.4 is 4.74 Å². The molecular weight excluding hydrogens is 292 g/mol. The number of ketones is 1. The number of ether oxygens (including phenoxy) is 2. The zero-order chi connectivity index (χ0) is 17.6. The molecule has 126 valence electrons. The molecule has 23 heavy (non-hydrogen) atoms. The molecule has 0 radical (unpaired) electrons. The highest BCUT2D eigenvalue weighted by atomic mass is 16.5. The highest BCUT2D eigenvalue weighted by Gasteiger charge is 2.19. The lowest BCUT2D eigenvalue weighted by Crippen LogP contribution is -2.14. The van der Waals surface area contributed by atoms with Crippen molar-refractivity contribution in [3.63, 3.8) is 0 Å². The van der Waals surface area contributed by atoms with E-state index in [4.69, 9.17) is 4.74 Å². The van der Waals surface area contributed by atoms with Crippen LogP contribution >= 0.6 is 0 Å². The Kier molecular flexibility index (Phi) is 6.55. The molecule has 0 atom stereocenters. The van der Waals surface area contributed by atoms with E-state index in [2.05, 4.69) is 25.5 Å². The lowest BCUT2D eigenvalue weighted by Gasteiger charge is -2.21. The van der Waals surface area contributed by atoms with Gasteiger partial charge >= 0.3 is 5.97 Å². The minimum atomic E-state index is -0.560. The van der Waals surface area contributed by atoms with Gasteiger partial charge in [0.1, 0.15) is 5.75 Å². The maximum absolute atomic E-state index is 12.4. The van der Waals surface area contributed by atoms with Gasteiger partial charge < -0.3 is 9.47 Å². The van der Waals surface area contributed by atoms with E-state index in [1.165, 1.54) is 13.2 Å². The molecular formula is C19H26O4. The van der Waals surface area contributed by atoms with E-state index >= 15 is 0 Å². The van der Waals surface area contributed by atoms with Gasteiger partial charge in [0, 0.05) is 6.08 Å². The standard InChI is InChI=1S/C19H26O4/c1-13(2)12-23-17-9-7-14(19(3,4)5)11-15(17)16(20)8-10-18(21)22-6/h7-11,13H,12H2,1-6H3/b10-8+. The number of methoxy groups -OCH3 is 1. The quantitative estimate of drug-likeness (QED) is 0.453. The summed E-state index contributed by atoms with van der Waals surface area (Å²) in [5.41, 5.74) is 1.40. The average molecular weight is 318 g/mol. The summed E-state index contributed by atoms with van der Waals surface area (Å²) in [6.45, 7) is 10.8. The van der Waals surface area contributed by atoms with E-state index in [0.717, 1.165) is 11.6 Å². The smallest absolute Gasteiger partial charge is 0.330 e. The zero-order valence-electron chi connectivity index (χ0n) is 14.8. The van der Waals surface area contributed by atoms with Gasteiger partial charge in [-0.1, -0.05) is 40.7 Å². The Morgan fingerprint density at radius 1 is 1.17 bits per heavy atom. The molecule has 4 nitrogen and oxygen atoms in total. The minimum absolute atomic E-state index is 0.0856. The molecule has 0 unspecified atom stereocenters. The molecule has 1 aromatic rings. The lowest BCUT2D eigenvalue weighted by molar-refractivity contribution is -0.134. The summed E-state index contributed by atoms with van der Waals surface area (Å²) in [6.07, 6.45) is 2.34. The topological polar surface area (TPSA) is 52.6 Å². The predicted molar refractivity (Wildman–Crippen MR) is 91.0 cm³/mol. The van der Waals surface area contributed by atoms with Crippen molar-refractivity contribution in [3.8, 4) is 5.75 Å². The first-order valence-electron chi connectivity index (χ1n) is 7.73. The van der Waals surface area contributed by atoms with Crippen LogP contribution in [0.25, 0.3) is 0 Å². The summed E-state index contributed by atoms with van der Waals surface area (Å²) in [7, 11) is 1.27. The van der Waals surface area contributed by atoms with Crippen molar-refractivity contribution in [1.29, 1.82) is 0 Å². The fourth-order valence-electron chi connectivity index (χ4n) is 1.87. The molecule has 0 fully saturated rings. The first-order chi connectivity index (χ1) is 10.6. The van der Waals surface area contributed by atoms with Crippen LogP contribution in [0, 0.1) is 5.92 Å². The zero-order valence-corrected chi connectivity index (χ0v) is 14.8. The van der Waals surface area contributed by atoms with Gasteiger partial charge in [0.15, 0.2) is 5.78 Å². The number of carbonyl (C=O) groups is 2. The van der Waals surface area contributed by atoms with E-state index in [0.29, 0.717) is 23.8 Å². The van der Waals surface area contributed by atoms with E-state index in [9.17, 15) is 9.59 Å².